The second-order valence-corrected chi connectivity index (χ2v) is 7.31. The van der Waals surface area contributed by atoms with Gasteiger partial charge in [0.25, 0.3) is 5.91 Å². The van der Waals surface area contributed by atoms with Gasteiger partial charge in [0.15, 0.2) is 0 Å². The highest BCUT2D eigenvalue weighted by Crippen LogP contribution is 2.28. The molecule has 1 aliphatic heterocycles. The predicted molar refractivity (Wildman–Crippen MR) is 109 cm³/mol. The third kappa shape index (κ3) is 4.19. The molecule has 0 saturated carbocycles. The van der Waals surface area contributed by atoms with E-state index < -0.39 is 6.04 Å². The summed E-state index contributed by atoms with van der Waals surface area (Å²) in [6.45, 7) is 5.11. The van der Waals surface area contributed by atoms with Crippen molar-refractivity contribution in [2.75, 3.05) is 13.7 Å². The predicted octanol–water partition coefficient (Wildman–Crippen LogP) is 3.42. The van der Waals surface area contributed by atoms with Crippen LogP contribution in [0.4, 0.5) is 0 Å². The number of amides is 2. The van der Waals surface area contributed by atoms with E-state index >= 15 is 0 Å². The Balaban J connectivity index is 1.65. The summed E-state index contributed by atoms with van der Waals surface area (Å²) in [5, 5.41) is 3.04. The van der Waals surface area contributed by atoms with Crippen LogP contribution in [0.1, 0.15) is 41.8 Å². The minimum Gasteiger partial charge on any atom is -0.497 e. The fraction of sp³-hybridized carbons (Fsp3) is 0.391. The normalized spacial score (nSPS) is 15.1. The number of hydrogen-bond acceptors (Lipinski definition) is 3. The van der Waals surface area contributed by atoms with Crippen molar-refractivity contribution in [1.82, 2.24) is 10.2 Å². The maximum absolute atomic E-state index is 13.0. The second-order valence-electron chi connectivity index (χ2n) is 7.31. The van der Waals surface area contributed by atoms with Crippen LogP contribution in [0.2, 0.25) is 0 Å². The molecule has 2 amide bonds. The smallest absolute Gasteiger partial charge is 0.255 e. The van der Waals surface area contributed by atoms with E-state index in [0.29, 0.717) is 18.7 Å². The summed E-state index contributed by atoms with van der Waals surface area (Å²) >= 11 is 0. The van der Waals surface area contributed by atoms with Gasteiger partial charge < -0.3 is 15.0 Å². The minimum absolute atomic E-state index is 0.0498. The fourth-order valence-electron chi connectivity index (χ4n) is 3.66. The highest BCUT2D eigenvalue weighted by Gasteiger charge is 2.38. The van der Waals surface area contributed by atoms with E-state index in [1.165, 1.54) is 0 Å². The summed E-state index contributed by atoms with van der Waals surface area (Å²) in [6, 6.07) is 15.0. The van der Waals surface area contributed by atoms with Gasteiger partial charge in [-0.15, -0.1) is 0 Å². The molecule has 1 heterocycles. The Bertz CT molecular complexity index is 832. The monoisotopic (exact) mass is 380 g/mol. The maximum Gasteiger partial charge on any atom is 0.255 e. The number of carbonyl (C=O) groups is 2. The molecule has 3 rings (SSSR count). The number of ether oxygens (including phenoxy) is 1. The molecule has 2 aromatic carbocycles. The van der Waals surface area contributed by atoms with E-state index in [9.17, 15) is 9.59 Å². The SMILES string of the molecule is CC[C@@H](C)[C@@H](C(=O)NCCc1ccc(OC)cc1)N1Cc2ccccc2C1=O. The molecule has 148 valence electrons. The molecule has 2 aromatic rings. The topological polar surface area (TPSA) is 58.6 Å². The number of benzene rings is 2. The van der Waals surface area contributed by atoms with Crippen LogP contribution in [-0.2, 0) is 17.8 Å². The summed E-state index contributed by atoms with van der Waals surface area (Å²) in [5.74, 6) is 0.770. The maximum atomic E-state index is 13.0. The number of nitrogens with one attached hydrogen (secondary N) is 1. The molecule has 0 bridgehead atoms. The van der Waals surface area contributed by atoms with Crippen molar-refractivity contribution in [2.24, 2.45) is 5.92 Å². The van der Waals surface area contributed by atoms with Crippen LogP contribution < -0.4 is 10.1 Å². The molecule has 5 nitrogen and oxygen atoms in total. The van der Waals surface area contributed by atoms with Crippen LogP contribution in [-0.4, -0.2) is 36.4 Å². The van der Waals surface area contributed by atoms with Crippen molar-refractivity contribution in [3.8, 4) is 5.75 Å². The van der Waals surface area contributed by atoms with Crippen molar-refractivity contribution >= 4 is 11.8 Å². The first-order chi connectivity index (χ1) is 13.5. The first kappa shape index (κ1) is 19.9. The van der Waals surface area contributed by atoms with Crippen molar-refractivity contribution in [2.45, 2.75) is 39.3 Å². The zero-order valence-electron chi connectivity index (χ0n) is 16.8. The average molecular weight is 380 g/mol. The molecule has 1 N–H and O–H groups in total. The Morgan fingerprint density at radius 2 is 1.89 bits per heavy atom. The average Bonchev–Trinajstić information content (AvgIpc) is 3.05. The Kier molecular flexibility index (Phi) is 6.34. The van der Waals surface area contributed by atoms with E-state index in [1.807, 2.05) is 55.5 Å². The Morgan fingerprint density at radius 3 is 2.54 bits per heavy atom. The molecule has 0 aliphatic carbocycles. The number of carbonyl (C=O) groups excluding carboxylic acids is 2. The first-order valence-corrected chi connectivity index (χ1v) is 9.84. The fourth-order valence-corrected chi connectivity index (χ4v) is 3.66. The van der Waals surface area contributed by atoms with Crippen LogP contribution in [0.3, 0.4) is 0 Å². The molecule has 0 unspecified atom stereocenters. The molecule has 0 spiro atoms. The molecule has 1 aliphatic rings. The lowest BCUT2D eigenvalue weighted by Gasteiger charge is -2.31. The number of fused-ring (bicyclic) bond motifs is 1. The summed E-state index contributed by atoms with van der Waals surface area (Å²) in [4.78, 5) is 27.6. The molecule has 0 aromatic heterocycles. The van der Waals surface area contributed by atoms with E-state index in [0.717, 1.165) is 29.7 Å². The van der Waals surface area contributed by atoms with Crippen molar-refractivity contribution < 1.29 is 14.3 Å². The lowest BCUT2D eigenvalue weighted by atomic mass is 9.96. The first-order valence-electron chi connectivity index (χ1n) is 9.84. The summed E-state index contributed by atoms with van der Waals surface area (Å²) in [6.07, 6.45) is 1.56. The van der Waals surface area contributed by atoms with Crippen LogP contribution in [0.15, 0.2) is 48.5 Å². The minimum atomic E-state index is -0.458. The van der Waals surface area contributed by atoms with Gasteiger partial charge >= 0.3 is 0 Å². The number of rotatable bonds is 8. The Morgan fingerprint density at radius 1 is 1.18 bits per heavy atom. The van der Waals surface area contributed by atoms with Gasteiger partial charge in [0.2, 0.25) is 5.91 Å². The number of methoxy groups -OCH3 is 1. The van der Waals surface area contributed by atoms with Gasteiger partial charge in [0.05, 0.1) is 7.11 Å². The third-order valence-corrected chi connectivity index (χ3v) is 5.51. The van der Waals surface area contributed by atoms with Crippen LogP contribution >= 0.6 is 0 Å². The van der Waals surface area contributed by atoms with Gasteiger partial charge in [-0.05, 0) is 41.7 Å². The van der Waals surface area contributed by atoms with Crippen LogP contribution in [0, 0.1) is 5.92 Å². The number of hydrogen-bond donors (Lipinski definition) is 1. The van der Waals surface area contributed by atoms with E-state index in [-0.39, 0.29) is 17.7 Å². The largest absolute Gasteiger partial charge is 0.497 e. The van der Waals surface area contributed by atoms with Crippen LogP contribution in [0.25, 0.3) is 0 Å². The number of nitrogens with zero attached hydrogens (tertiary/aromatic N) is 1. The van der Waals surface area contributed by atoms with Gasteiger partial charge in [-0.3, -0.25) is 9.59 Å². The summed E-state index contributed by atoms with van der Waals surface area (Å²) in [7, 11) is 1.64. The molecular formula is C23H28N2O3. The van der Waals surface area contributed by atoms with Gasteiger partial charge in [-0.2, -0.15) is 0 Å². The molecule has 5 heteroatoms. The van der Waals surface area contributed by atoms with Crippen molar-refractivity contribution in [1.29, 1.82) is 0 Å². The van der Waals surface area contributed by atoms with Crippen LogP contribution in [0.5, 0.6) is 5.75 Å². The molecule has 0 saturated heterocycles. The lowest BCUT2D eigenvalue weighted by molar-refractivity contribution is -0.127. The molecule has 0 fully saturated rings. The highest BCUT2D eigenvalue weighted by atomic mass is 16.5. The highest BCUT2D eigenvalue weighted by molar-refractivity contribution is 6.01. The third-order valence-electron chi connectivity index (χ3n) is 5.51. The van der Waals surface area contributed by atoms with E-state index in [1.54, 1.807) is 12.0 Å². The quantitative estimate of drug-likeness (QED) is 0.763. The van der Waals surface area contributed by atoms with Crippen molar-refractivity contribution in [3.05, 3.63) is 65.2 Å². The zero-order chi connectivity index (χ0) is 20.1. The molecule has 0 radical (unpaired) electrons. The second kappa shape index (κ2) is 8.91. The Labute approximate surface area is 166 Å². The molecule has 2 atom stereocenters. The molecule has 28 heavy (non-hydrogen) atoms. The molecular weight excluding hydrogens is 352 g/mol. The Hall–Kier alpha value is -2.82. The summed E-state index contributed by atoms with van der Waals surface area (Å²) < 4.78 is 5.17. The standard InChI is InChI=1S/C23H28N2O3/c1-4-16(2)21(25-15-18-7-5-6-8-20(18)23(25)27)22(26)24-14-13-17-9-11-19(28-3)12-10-17/h5-12,16,21H,4,13-15H2,1-3H3,(H,24,26)/t16-,21+/m1/s1. The van der Waals surface area contributed by atoms with E-state index in [2.05, 4.69) is 12.2 Å². The lowest BCUT2D eigenvalue weighted by Crippen LogP contribution is -2.50. The zero-order valence-corrected chi connectivity index (χ0v) is 16.8. The van der Waals surface area contributed by atoms with Gasteiger partial charge in [0, 0.05) is 18.7 Å². The van der Waals surface area contributed by atoms with Gasteiger partial charge in [0.1, 0.15) is 11.8 Å². The van der Waals surface area contributed by atoms with Crippen molar-refractivity contribution in [3.63, 3.8) is 0 Å². The van der Waals surface area contributed by atoms with Gasteiger partial charge in [-0.25, -0.2) is 0 Å². The van der Waals surface area contributed by atoms with E-state index in [4.69, 9.17) is 4.74 Å². The summed E-state index contributed by atoms with van der Waals surface area (Å²) in [5.41, 5.74) is 2.83. The van der Waals surface area contributed by atoms with Gasteiger partial charge in [-0.1, -0.05) is 50.6 Å².